The molecular formula is C13H10N4O2. The topological polar surface area (TPSA) is 93.5 Å². The Labute approximate surface area is 108 Å². The van der Waals surface area contributed by atoms with Gasteiger partial charge in [-0.1, -0.05) is 18.2 Å². The normalized spacial score (nSPS) is 10.7. The third-order valence-corrected chi connectivity index (χ3v) is 2.85. The fourth-order valence-electron chi connectivity index (χ4n) is 1.91. The number of nitrogen functional groups attached to an aromatic ring is 1. The van der Waals surface area contributed by atoms with E-state index in [4.69, 9.17) is 10.8 Å². The number of fused-ring (bicyclic) bond motifs is 1. The Hall–Kier alpha value is -2.89. The molecule has 0 radical (unpaired) electrons. The molecule has 0 aliphatic carbocycles. The zero-order valence-corrected chi connectivity index (χ0v) is 9.82. The highest BCUT2D eigenvalue weighted by atomic mass is 16.4. The average Bonchev–Trinajstić information content (AvgIpc) is 2.84. The van der Waals surface area contributed by atoms with Crippen LogP contribution in [0.2, 0.25) is 0 Å². The molecule has 0 aliphatic heterocycles. The van der Waals surface area contributed by atoms with Crippen LogP contribution in [0.1, 0.15) is 10.4 Å². The summed E-state index contributed by atoms with van der Waals surface area (Å²) in [7, 11) is 0. The predicted molar refractivity (Wildman–Crippen MR) is 69.8 cm³/mol. The minimum absolute atomic E-state index is 0.227. The number of carboxylic acid groups (broad SMARTS) is 1. The standard InChI is InChI=1S/C13H10N4O2/c14-10-2-1-3-11-15-16-12(17(10)11)8-4-6-9(7-5-8)13(18)19/h1-7H,14H2,(H,18,19). The van der Waals surface area contributed by atoms with E-state index in [1.54, 1.807) is 34.7 Å². The largest absolute Gasteiger partial charge is 0.478 e. The lowest BCUT2D eigenvalue weighted by Gasteiger charge is -2.03. The maximum Gasteiger partial charge on any atom is 0.335 e. The van der Waals surface area contributed by atoms with Crippen LogP contribution in [0.25, 0.3) is 17.0 Å². The summed E-state index contributed by atoms with van der Waals surface area (Å²) in [5, 5.41) is 17.0. The summed E-state index contributed by atoms with van der Waals surface area (Å²) in [6, 6.07) is 11.8. The molecule has 6 nitrogen and oxygen atoms in total. The molecule has 0 spiro atoms. The van der Waals surface area contributed by atoms with E-state index in [1.165, 1.54) is 12.1 Å². The lowest BCUT2D eigenvalue weighted by molar-refractivity contribution is 0.0697. The van der Waals surface area contributed by atoms with E-state index in [0.717, 1.165) is 5.56 Å². The number of hydrogen-bond acceptors (Lipinski definition) is 4. The Morgan fingerprint density at radius 3 is 2.53 bits per heavy atom. The minimum atomic E-state index is -0.961. The van der Waals surface area contributed by atoms with E-state index in [2.05, 4.69) is 10.2 Å². The molecule has 0 saturated heterocycles. The van der Waals surface area contributed by atoms with E-state index in [9.17, 15) is 4.79 Å². The van der Waals surface area contributed by atoms with Gasteiger partial charge in [-0.25, -0.2) is 4.79 Å². The first kappa shape index (κ1) is 11.2. The lowest BCUT2D eigenvalue weighted by Crippen LogP contribution is -1.99. The van der Waals surface area contributed by atoms with Crippen molar-refractivity contribution in [3.05, 3.63) is 48.0 Å². The van der Waals surface area contributed by atoms with Gasteiger partial charge >= 0.3 is 5.97 Å². The maximum atomic E-state index is 10.8. The summed E-state index contributed by atoms with van der Waals surface area (Å²) in [4.78, 5) is 10.8. The van der Waals surface area contributed by atoms with Gasteiger partial charge in [0.15, 0.2) is 11.5 Å². The van der Waals surface area contributed by atoms with Crippen molar-refractivity contribution in [3.8, 4) is 11.4 Å². The SMILES string of the molecule is Nc1cccc2nnc(-c3ccc(C(=O)O)cc3)n12. The number of hydrogen-bond donors (Lipinski definition) is 2. The molecule has 0 unspecified atom stereocenters. The molecule has 1 aromatic carbocycles. The fourth-order valence-corrected chi connectivity index (χ4v) is 1.91. The molecule has 3 rings (SSSR count). The van der Waals surface area contributed by atoms with Crippen molar-refractivity contribution in [1.29, 1.82) is 0 Å². The summed E-state index contributed by atoms with van der Waals surface area (Å²) in [5.41, 5.74) is 7.54. The fraction of sp³-hybridized carbons (Fsp3) is 0. The van der Waals surface area contributed by atoms with Gasteiger partial charge in [-0.3, -0.25) is 4.40 Å². The summed E-state index contributed by atoms with van der Waals surface area (Å²) >= 11 is 0. The molecule has 0 amide bonds. The van der Waals surface area contributed by atoms with E-state index in [-0.39, 0.29) is 5.56 Å². The van der Waals surface area contributed by atoms with Gasteiger partial charge in [0.2, 0.25) is 0 Å². The third kappa shape index (κ3) is 1.79. The molecule has 2 heterocycles. The van der Waals surface area contributed by atoms with Crippen LogP contribution in [-0.2, 0) is 0 Å². The maximum absolute atomic E-state index is 10.8. The van der Waals surface area contributed by atoms with Crippen LogP contribution in [0.15, 0.2) is 42.5 Å². The molecule has 0 bridgehead atoms. The molecule has 19 heavy (non-hydrogen) atoms. The van der Waals surface area contributed by atoms with Crippen molar-refractivity contribution in [2.24, 2.45) is 0 Å². The third-order valence-electron chi connectivity index (χ3n) is 2.85. The second-order valence-electron chi connectivity index (χ2n) is 4.05. The summed E-state index contributed by atoms with van der Waals surface area (Å²) in [6.07, 6.45) is 0. The van der Waals surface area contributed by atoms with Gasteiger partial charge in [-0.05, 0) is 24.3 Å². The first-order chi connectivity index (χ1) is 9.16. The number of anilines is 1. The first-order valence-electron chi connectivity index (χ1n) is 5.60. The molecule has 6 heteroatoms. The molecule has 3 aromatic rings. The van der Waals surface area contributed by atoms with Crippen LogP contribution in [0.4, 0.5) is 5.82 Å². The van der Waals surface area contributed by atoms with Crippen LogP contribution in [0, 0.1) is 0 Å². The molecule has 0 atom stereocenters. The number of pyridine rings is 1. The number of benzene rings is 1. The monoisotopic (exact) mass is 254 g/mol. The van der Waals surface area contributed by atoms with Crippen LogP contribution in [0.5, 0.6) is 0 Å². The van der Waals surface area contributed by atoms with Gasteiger partial charge in [0.05, 0.1) is 5.56 Å². The second kappa shape index (κ2) is 4.09. The van der Waals surface area contributed by atoms with Crippen molar-refractivity contribution in [2.45, 2.75) is 0 Å². The van der Waals surface area contributed by atoms with Gasteiger partial charge in [0.25, 0.3) is 0 Å². The van der Waals surface area contributed by atoms with E-state index >= 15 is 0 Å². The van der Waals surface area contributed by atoms with Crippen molar-refractivity contribution >= 4 is 17.4 Å². The molecule has 2 aromatic heterocycles. The number of carbonyl (C=O) groups is 1. The van der Waals surface area contributed by atoms with E-state index in [0.29, 0.717) is 17.3 Å². The number of carboxylic acids is 1. The van der Waals surface area contributed by atoms with Gasteiger partial charge in [-0.15, -0.1) is 10.2 Å². The van der Waals surface area contributed by atoms with Crippen LogP contribution >= 0.6 is 0 Å². The summed E-state index contributed by atoms with van der Waals surface area (Å²) in [5.74, 6) is 0.155. The average molecular weight is 254 g/mol. The molecule has 3 N–H and O–H groups in total. The predicted octanol–water partition coefficient (Wildman–Crippen LogP) is 1.68. The molecule has 0 aliphatic rings. The van der Waals surface area contributed by atoms with Crippen LogP contribution < -0.4 is 5.73 Å². The number of nitrogens with zero attached hydrogens (tertiary/aromatic N) is 3. The van der Waals surface area contributed by atoms with Crippen LogP contribution in [0.3, 0.4) is 0 Å². The molecule has 0 fully saturated rings. The molecule has 0 saturated carbocycles. The van der Waals surface area contributed by atoms with Gasteiger partial charge in [0, 0.05) is 5.56 Å². The first-order valence-corrected chi connectivity index (χ1v) is 5.60. The van der Waals surface area contributed by atoms with Gasteiger partial charge in [-0.2, -0.15) is 0 Å². The summed E-state index contributed by atoms with van der Waals surface area (Å²) in [6.45, 7) is 0. The smallest absolute Gasteiger partial charge is 0.335 e. The molecular weight excluding hydrogens is 244 g/mol. The Bertz CT molecular complexity index is 762. The van der Waals surface area contributed by atoms with Crippen molar-refractivity contribution in [3.63, 3.8) is 0 Å². The zero-order valence-electron chi connectivity index (χ0n) is 9.82. The van der Waals surface area contributed by atoms with Crippen molar-refractivity contribution in [2.75, 3.05) is 5.73 Å². The lowest BCUT2D eigenvalue weighted by atomic mass is 10.1. The van der Waals surface area contributed by atoms with Crippen LogP contribution in [-0.4, -0.2) is 25.7 Å². The number of rotatable bonds is 2. The number of aromatic nitrogens is 3. The van der Waals surface area contributed by atoms with E-state index in [1.807, 2.05) is 0 Å². The Morgan fingerprint density at radius 1 is 1.11 bits per heavy atom. The number of nitrogens with two attached hydrogens (primary N) is 1. The summed E-state index contributed by atoms with van der Waals surface area (Å²) < 4.78 is 1.72. The van der Waals surface area contributed by atoms with Gasteiger partial charge < -0.3 is 10.8 Å². The highest BCUT2D eigenvalue weighted by molar-refractivity contribution is 5.88. The highest BCUT2D eigenvalue weighted by Crippen LogP contribution is 2.21. The van der Waals surface area contributed by atoms with Gasteiger partial charge in [0.1, 0.15) is 5.82 Å². The molecule has 94 valence electrons. The quantitative estimate of drug-likeness (QED) is 0.725. The van der Waals surface area contributed by atoms with E-state index < -0.39 is 5.97 Å². The van der Waals surface area contributed by atoms with Crippen molar-refractivity contribution in [1.82, 2.24) is 14.6 Å². The second-order valence-corrected chi connectivity index (χ2v) is 4.05. The van der Waals surface area contributed by atoms with Crippen molar-refractivity contribution < 1.29 is 9.90 Å². The Kier molecular flexibility index (Phi) is 2.42. The number of aromatic carboxylic acids is 1. The minimum Gasteiger partial charge on any atom is -0.478 e. The zero-order chi connectivity index (χ0) is 13.4. The highest BCUT2D eigenvalue weighted by Gasteiger charge is 2.10. The Balaban J connectivity index is 2.16. The Morgan fingerprint density at radius 2 is 1.84 bits per heavy atom.